The molecule has 0 saturated carbocycles. The molecule has 10 nitrogen and oxygen atoms in total. The van der Waals surface area contributed by atoms with Crippen molar-refractivity contribution in [3.05, 3.63) is 168 Å². The van der Waals surface area contributed by atoms with Gasteiger partial charge >= 0.3 is 23.9 Å². The number of esters is 4. The van der Waals surface area contributed by atoms with Crippen molar-refractivity contribution < 1.29 is 38.1 Å². The molecule has 0 aliphatic rings. The SMILES string of the molecule is COC(=O)C=Cc1ccc(N(c2ccc(C=CC(=O)OC)cc2)c2ccc(N(c3ccc(C=CC(=O)OC)cc3)c3ccc(C=CC(=O)OC)cc3)cc2)cc1. The van der Waals surface area contributed by atoms with Crippen LogP contribution in [0.3, 0.4) is 0 Å². The fourth-order valence-electron chi connectivity index (χ4n) is 5.51. The standard InChI is InChI=1S/C46H40N2O8/c1-53-43(49)29-13-33-5-17-37(18-6-33)47(38-19-7-34(8-20-38)14-30-44(50)54-2)41-25-27-42(28-26-41)48(39-21-9-35(10-22-39)15-31-45(51)55-3)40-23-11-36(12-24-40)16-32-46(52)56-4/h5-32H,1-4H3. The van der Waals surface area contributed by atoms with E-state index >= 15 is 0 Å². The molecule has 56 heavy (non-hydrogen) atoms. The second kappa shape index (κ2) is 19.6. The Labute approximate surface area is 325 Å². The van der Waals surface area contributed by atoms with Gasteiger partial charge in [0.25, 0.3) is 0 Å². The number of carbonyl (C=O) groups is 4. The van der Waals surface area contributed by atoms with Gasteiger partial charge in [0.15, 0.2) is 0 Å². The van der Waals surface area contributed by atoms with E-state index in [1.165, 1.54) is 52.7 Å². The Balaban J connectivity index is 1.54. The van der Waals surface area contributed by atoms with Gasteiger partial charge in [-0.15, -0.1) is 0 Å². The average molecular weight is 749 g/mol. The van der Waals surface area contributed by atoms with Crippen LogP contribution in [-0.2, 0) is 38.1 Å². The Morgan fingerprint density at radius 1 is 0.321 bits per heavy atom. The minimum Gasteiger partial charge on any atom is -0.466 e. The Bertz CT molecular complexity index is 1940. The molecule has 0 aliphatic carbocycles. The van der Waals surface area contributed by atoms with Gasteiger partial charge in [0.05, 0.1) is 28.4 Å². The van der Waals surface area contributed by atoms with Gasteiger partial charge in [-0.05, 0) is 119 Å². The largest absolute Gasteiger partial charge is 0.466 e. The minimum atomic E-state index is -0.441. The number of nitrogens with zero attached hydrogens (tertiary/aromatic N) is 2. The zero-order valence-corrected chi connectivity index (χ0v) is 31.3. The van der Waals surface area contributed by atoms with E-state index < -0.39 is 23.9 Å². The van der Waals surface area contributed by atoms with Crippen molar-refractivity contribution in [2.75, 3.05) is 38.2 Å². The Kier molecular flexibility index (Phi) is 13.9. The Hall–Kier alpha value is -7.46. The number of benzene rings is 5. The van der Waals surface area contributed by atoms with Crippen molar-refractivity contribution in [1.82, 2.24) is 0 Å². The summed E-state index contributed by atoms with van der Waals surface area (Å²) in [5.74, 6) is -1.76. The van der Waals surface area contributed by atoms with Crippen LogP contribution in [0.4, 0.5) is 34.1 Å². The topological polar surface area (TPSA) is 112 Å². The lowest BCUT2D eigenvalue weighted by atomic mass is 10.1. The molecule has 0 amide bonds. The van der Waals surface area contributed by atoms with Gasteiger partial charge in [0.1, 0.15) is 0 Å². The van der Waals surface area contributed by atoms with Crippen LogP contribution >= 0.6 is 0 Å². The molecule has 282 valence electrons. The smallest absolute Gasteiger partial charge is 0.330 e. The van der Waals surface area contributed by atoms with Crippen molar-refractivity contribution >= 4 is 82.3 Å². The molecule has 0 bridgehead atoms. The molecule has 0 fully saturated rings. The highest BCUT2D eigenvalue weighted by atomic mass is 16.5. The van der Waals surface area contributed by atoms with Gasteiger partial charge in [0.2, 0.25) is 0 Å². The van der Waals surface area contributed by atoms with Crippen LogP contribution in [0, 0.1) is 0 Å². The van der Waals surface area contributed by atoms with Crippen LogP contribution in [-0.4, -0.2) is 52.3 Å². The van der Waals surface area contributed by atoms with Crippen LogP contribution < -0.4 is 9.80 Å². The molecule has 5 aromatic rings. The highest BCUT2D eigenvalue weighted by molar-refractivity contribution is 5.90. The molecule has 5 rings (SSSR count). The monoisotopic (exact) mass is 748 g/mol. The van der Waals surface area contributed by atoms with Crippen molar-refractivity contribution in [3.8, 4) is 0 Å². The van der Waals surface area contributed by atoms with Crippen LogP contribution in [0.25, 0.3) is 24.3 Å². The molecular formula is C46H40N2O8. The number of methoxy groups -OCH3 is 4. The first-order valence-corrected chi connectivity index (χ1v) is 17.4. The van der Waals surface area contributed by atoms with E-state index in [2.05, 4.69) is 9.80 Å². The van der Waals surface area contributed by atoms with E-state index in [9.17, 15) is 19.2 Å². The van der Waals surface area contributed by atoms with Gasteiger partial charge in [-0.25, -0.2) is 19.2 Å². The fourth-order valence-corrected chi connectivity index (χ4v) is 5.51. The molecule has 0 atom stereocenters. The van der Waals surface area contributed by atoms with E-state index in [0.29, 0.717) is 0 Å². The number of carbonyl (C=O) groups excluding carboxylic acids is 4. The molecule has 0 saturated heterocycles. The lowest BCUT2D eigenvalue weighted by molar-refractivity contribution is -0.135. The molecule has 0 N–H and O–H groups in total. The first kappa shape index (κ1) is 39.7. The fraction of sp³-hybridized carbons (Fsp3) is 0.0870. The van der Waals surface area contributed by atoms with E-state index in [1.807, 2.05) is 121 Å². The highest BCUT2D eigenvalue weighted by Crippen LogP contribution is 2.39. The van der Waals surface area contributed by atoms with Crippen LogP contribution in [0.15, 0.2) is 146 Å². The third-order valence-corrected chi connectivity index (χ3v) is 8.42. The molecule has 0 spiro atoms. The van der Waals surface area contributed by atoms with E-state index in [0.717, 1.165) is 56.4 Å². The summed E-state index contributed by atoms with van der Waals surface area (Å²) in [6.07, 6.45) is 12.2. The summed E-state index contributed by atoms with van der Waals surface area (Å²) in [6, 6.07) is 39.2. The van der Waals surface area contributed by atoms with Crippen molar-refractivity contribution in [2.45, 2.75) is 0 Å². The first-order chi connectivity index (χ1) is 27.2. The average Bonchev–Trinajstić information content (AvgIpc) is 3.25. The summed E-state index contributed by atoms with van der Waals surface area (Å²) in [7, 11) is 5.34. The second-order valence-corrected chi connectivity index (χ2v) is 12.0. The summed E-state index contributed by atoms with van der Waals surface area (Å²) in [6.45, 7) is 0. The molecule has 5 aromatic carbocycles. The zero-order chi connectivity index (χ0) is 39.9. The number of hydrogen-bond acceptors (Lipinski definition) is 10. The maximum atomic E-state index is 11.7. The molecule has 10 heteroatoms. The molecule has 0 unspecified atom stereocenters. The number of anilines is 6. The van der Waals surface area contributed by atoms with Gasteiger partial charge < -0.3 is 28.7 Å². The van der Waals surface area contributed by atoms with Crippen LogP contribution in [0.5, 0.6) is 0 Å². The number of rotatable bonds is 14. The van der Waals surface area contributed by atoms with E-state index in [4.69, 9.17) is 18.9 Å². The Morgan fingerprint density at radius 2 is 0.482 bits per heavy atom. The summed E-state index contributed by atoms with van der Waals surface area (Å²) in [4.78, 5) is 50.9. The summed E-state index contributed by atoms with van der Waals surface area (Å²) in [5, 5.41) is 0. The molecule has 0 aromatic heterocycles. The second-order valence-electron chi connectivity index (χ2n) is 12.0. The quantitative estimate of drug-likeness (QED) is 0.0619. The van der Waals surface area contributed by atoms with Crippen LogP contribution in [0.2, 0.25) is 0 Å². The van der Waals surface area contributed by atoms with Crippen LogP contribution in [0.1, 0.15) is 22.3 Å². The van der Waals surface area contributed by atoms with E-state index in [-0.39, 0.29) is 0 Å². The third-order valence-electron chi connectivity index (χ3n) is 8.42. The highest BCUT2D eigenvalue weighted by Gasteiger charge is 2.16. The first-order valence-electron chi connectivity index (χ1n) is 17.4. The Morgan fingerprint density at radius 3 is 0.643 bits per heavy atom. The van der Waals surface area contributed by atoms with Gasteiger partial charge in [0, 0.05) is 58.4 Å². The minimum absolute atomic E-state index is 0.441. The predicted octanol–water partition coefficient (Wildman–Crippen LogP) is 9.37. The summed E-state index contributed by atoms with van der Waals surface area (Å²) >= 11 is 0. The van der Waals surface area contributed by atoms with Crippen molar-refractivity contribution in [2.24, 2.45) is 0 Å². The van der Waals surface area contributed by atoms with E-state index in [1.54, 1.807) is 24.3 Å². The maximum absolute atomic E-state index is 11.7. The normalized spacial score (nSPS) is 11.2. The summed E-state index contributed by atoms with van der Waals surface area (Å²) in [5.41, 5.74) is 8.52. The molecule has 0 radical (unpaired) electrons. The molecule has 0 aliphatic heterocycles. The summed E-state index contributed by atoms with van der Waals surface area (Å²) < 4.78 is 18.9. The molecular weight excluding hydrogens is 709 g/mol. The lowest BCUT2D eigenvalue weighted by Gasteiger charge is -2.28. The zero-order valence-electron chi connectivity index (χ0n) is 31.3. The van der Waals surface area contributed by atoms with Crippen molar-refractivity contribution in [1.29, 1.82) is 0 Å². The lowest BCUT2D eigenvalue weighted by Crippen LogP contribution is -2.12. The van der Waals surface area contributed by atoms with Crippen molar-refractivity contribution in [3.63, 3.8) is 0 Å². The third kappa shape index (κ3) is 10.8. The maximum Gasteiger partial charge on any atom is 0.330 e. The number of ether oxygens (including phenoxy) is 4. The number of hydrogen-bond donors (Lipinski definition) is 0. The van der Waals surface area contributed by atoms with Gasteiger partial charge in [-0.2, -0.15) is 0 Å². The molecule has 0 heterocycles. The predicted molar refractivity (Wildman–Crippen MR) is 220 cm³/mol. The van der Waals surface area contributed by atoms with Gasteiger partial charge in [-0.3, -0.25) is 0 Å². The van der Waals surface area contributed by atoms with Gasteiger partial charge in [-0.1, -0.05) is 48.5 Å².